The van der Waals surface area contributed by atoms with E-state index in [1.54, 1.807) is 36.4 Å². The molecule has 0 aliphatic rings. The fraction of sp³-hybridized carbons (Fsp3) is 0.240. The second-order valence-corrected chi connectivity index (χ2v) is 7.15. The molecule has 0 spiro atoms. The molecular weight excluding hydrogens is 436 g/mol. The first-order valence-corrected chi connectivity index (χ1v) is 10.5. The molecule has 34 heavy (non-hydrogen) atoms. The Morgan fingerprint density at radius 2 is 1.50 bits per heavy atom. The number of carbonyl (C=O) groups excluding carboxylic acids is 3. The highest BCUT2D eigenvalue weighted by Gasteiger charge is 2.25. The first kappa shape index (κ1) is 26.1. The van der Waals surface area contributed by atoms with Crippen LogP contribution in [0.5, 0.6) is 0 Å². The molecule has 2 unspecified atom stereocenters. The van der Waals surface area contributed by atoms with Gasteiger partial charge in [-0.25, -0.2) is 5.48 Å². The highest BCUT2D eigenvalue weighted by atomic mass is 16.5. The number of hydrogen-bond donors (Lipinski definition) is 6. The van der Waals surface area contributed by atoms with Crippen molar-refractivity contribution in [1.82, 2.24) is 16.1 Å². The van der Waals surface area contributed by atoms with E-state index in [9.17, 15) is 19.5 Å². The van der Waals surface area contributed by atoms with Gasteiger partial charge in [0.2, 0.25) is 5.91 Å². The van der Waals surface area contributed by atoms with Gasteiger partial charge in [0, 0.05) is 22.4 Å². The Morgan fingerprint density at radius 3 is 2.00 bits per heavy atom. The smallest absolute Gasteiger partial charge is 0.268 e. The van der Waals surface area contributed by atoms with E-state index in [-0.39, 0.29) is 18.0 Å². The van der Waals surface area contributed by atoms with E-state index in [0.29, 0.717) is 11.3 Å². The first-order chi connectivity index (χ1) is 16.3. The molecular formula is C25H26N4O5. The molecule has 0 saturated carbocycles. The summed E-state index contributed by atoms with van der Waals surface area (Å²) in [5, 5.41) is 26.4. The van der Waals surface area contributed by atoms with E-state index in [4.69, 9.17) is 5.21 Å². The summed E-state index contributed by atoms with van der Waals surface area (Å²) >= 11 is 0. The Labute approximate surface area is 197 Å². The third kappa shape index (κ3) is 8.41. The van der Waals surface area contributed by atoms with Crippen molar-refractivity contribution >= 4 is 23.4 Å². The summed E-state index contributed by atoms with van der Waals surface area (Å²) in [7, 11) is 0. The summed E-state index contributed by atoms with van der Waals surface area (Å²) in [5.41, 5.74) is 3.71. The number of anilines is 1. The van der Waals surface area contributed by atoms with Crippen LogP contribution in [0, 0.1) is 23.7 Å². The average molecular weight is 463 g/mol. The van der Waals surface area contributed by atoms with Gasteiger partial charge in [0.25, 0.3) is 11.8 Å². The molecule has 0 fully saturated rings. The summed E-state index contributed by atoms with van der Waals surface area (Å²) in [5.74, 6) is 9.64. The van der Waals surface area contributed by atoms with Crippen LogP contribution in [-0.4, -0.2) is 53.3 Å². The van der Waals surface area contributed by atoms with Gasteiger partial charge in [-0.05, 0) is 73.8 Å². The Morgan fingerprint density at radius 1 is 0.941 bits per heavy atom. The molecule has 176 valence electrons. The lowest BCUT2D eigenvalue weighted by Gasteiger charge is -2.19. The van der Waals surface area contributed by atoms with Gasteiger partial charge in [-0.2, -0.15) is 0 Å². The maximum Gasteiger partial charge on any atom is 0.268 e. The number of benzene rings is 2. The Hall–Kier alpha value is -4.15. The van der Waals surface area contributed by atoms with Gasteiger partial charge in [0.05, 0.1) is 12.6 Å². The second-order valence-electron chi connectivity index (χ2n) is 7.15. The molecule has 0 radical (unpaired) electrons. The van der Waals surface area contributed by atoms with Gasteiger partial charge >= 0.3 is 0 Å². The fourth-order valence-corrected chi connectivity index (χ4v) is 2.69. The van der Waals surface area contributed by atoms with Crippen LogP contribution in [0.25, 0.3) is 0 Å². The second kappa shape index (κ2) is 13.4. The minimum absolute atomic E-state index is 0.117. The molecule has 0 aliphatic carbocycles. The van der Waals surface area contributed by atoms with Gasteiger partial charge < -0.3 is 21.1 Å². The average Bonchev–Trinajstić information content (AvgIpc) is 2.84. The highest BCUT2D eigenvalue weighted by Crippen LogP contribution is 2.08. The summed E-state index contributed by atoms with van der Waals surface area (Å²) < 4.78 is 0. The first-order valence-electron chi connectivity index (χ1n) is 10.5. The standard InChI is InChI=1S/C25H26N4O5/c1-3-26-16-22(31)27-21-14-10-19(11-15-21)7-5-4-6-18-8-12-20(13-9-18)24(32)28-23(17(2)30)25(33)29-34/h8-15,17,23,26,30,34H,3,16H2,1-2H3,(H,27,31)(H,28,32)(H,29,33). The zero-order valence-corrected chi connectivity index (χ0v) is 18.8. The molecule has 9 heteroatoms. The van der Waals surface area contributed by atoms with Gasteiger partial charge in [-0.1, -0.05) is 18.8 Å². The zero-order chi connectivity index (χ0) is 24.9. The quantitative estimate of drug-likeness (QED) is 0.193. The highest BCUT2D eigenvalue weighted by molar-refractivity contribution is 5.97. The third-order valence-electron chi connectivity index (χ3n) is 4.49. The van der Waals surface area contributed by atoms with Crippen molar-refractivity contribution < 1.29 is 24.7 Å². The molecule has 2 atom stereocenters. The van der Waals surface area contributed by atoms with Gasteiger partial charge in [-0.15, -0.1) is 0 Å². The number of amides is 3. The predicted octanol–water partition coefficient (Wildman–Crippen LogP) is 0.622. The number of aliphatic hydroxyl groups excluding tert-OH is 1. The summed E-state index contributed by atoms with van der Waals surface area (Å²) in [6.45, 7) is 4.22. The van der Waals surface area contributed by atoms with E-state index in [2.05, 4.69) is 39.6 Å². The van der Waals surface area contributed by atoms with Crippen molar-refractivity contribution in [3.05, 3.63) is 65.2 Å². The molecule has 2 aromatic rings. The van der Waals surface area contributed by atoms with Crippen LogP contribution in [0.4, 0.5) is 5.69 Å². The SMILES string of the molecule is CCNCC(=O)Nc1ccc(C#CC#Cc2ccc(C(=O)NC(C(=O)NO)C(C)O)cc2)cc1. The van der Waals surface area contributed by atoms with Gasteiger partial charge in [0.15, 0.2) is 0 Å². The van der Waals surface area contributed by atoms with Crippen molar-refractivity contribution in [2.45, 2.75) is 26.0 Å². The predicted molar refractivity (Wildman–Crippen MR) is 127 cm³/mol. The topological polar surface area (TPSA) is 140 Å². The summed E-state index contributed by atoms with van der Waals surface area (Å²) in [4.78, 5) is 35.5. The number of hydrogen-bond acceptors (Lipinski definition) is 6. The number of rotatable bonds is 8. The van der Waals surface area contributed by atoms with E-state index in [1.807, 2.05) is 6.92 Å². The number of likely N-dealkylation sites (N-methyl/N-ethyl adjacent to an activating group) is 1. The number of nitrogens with one attached hydrogen (secondary N) is 4. The number of aliphatic hydroxyl groups is 1. The summed E-state index contributed by atoms with van der Waals surface area (Å²) in [6, 6.07) is 12.1. The number of hydroxylamine groups is 1. The fourth-order valence-electron chi connectivity index (χ4n) is 2.69. The number of carbonyl (C=O) groups is 3. The van der Waals surface area contributed by atoms with Crippen LogP contribution in [0.2, 0.25) is 0 Å². The molecule has 0 heterocycles. The zero-order valence-electron chi connectivity index (χ0n) is 18.8. The van der Waals surface area contributed by atoms with Crippen molar-refractivity contribution in [1.29, 1.82) is 0 Å². The van der Waals surface area contributed by atoms with Crippen LogP contribution in [0.15, 0.2) is 48.5 Å². The van der Waals surface area contributed by atoms with E-state index in [1.165, 1.54) is 24.5 Å². The maximum absolute atomic E-state index is 12.3. The Bertz CT molecular complexity index is 1120. The van der Waals surface area contributed by atoms with E-state index < -0.39 is 24.0 Å². The van der Waals surface area contributed by atoms with Gasteiger partial charge in [-0.3, -0.25) is 19.6 Å². The molecule has 0 aromatic heterocycles. The lowest BCUT2D eigenvalue weighted by molar-refractivity contribution is -0.133. The lowest BCUT2D eigenvalue weighted by Crippen LogP contribution is -2.51. The van der Waals surface area contributed by atoms with Crippen LogP contribution >= 0.6 is 0 Å². The molecule has 9 nitrogen and oxygen atoms in total. The molecule has 6 N–H and O–H groups in total. The van der Waals surface area contributed by atoms with Crippen molar-refractivity contribution in [3.63, 3.8) is 0 Å². The molecule has 0 saturated heterocycles. The van der Waals surface area contributed by atoms with Crippen molar-refractivity contribution in [2.24, 2.45) is 0 Å². The largest absolute Gasteiger partial charge is 0.391 e. The minimum atomic E-state index is -1.30. The van der Waals surface area contributed by atoms with E-state index >= 15 is 0 Å². The Kier molecular flexibility index (Phi) is 10.3. The molecule has 0 bridgehead atoms. The molecule has 2 rings (SSSR count). The van der Waals surface area contributed by atoms with E-state index in [0.717, 1.165) is 12.1 Å². The normalized spacial score (nSPS) is 11.5. The molecule has 3 amide bonds. The lowest BCUT2D eigenvalue weighted by atomic mass is 10.1. The summed E-state index contributed by atoms with van der Waals surface area (Å²) in [6.07, 6.45) is -1.20. The van der Waals surface area contributed by atoms with Crippen molar-refractivity contribution in [2.75, 3.05) is 18.4 Å². The molecule has 0 aliphatic heterocycles. The van der Waals surface area contributed by atoms with Crippen LogP contribution < -0.4 is 21.4 Å². The third-order valence-corrected chi connectivity index (χ3v) is 4.49. The Balaban J connectivity index is 1.95. The van der Waals surface area contributed by atoms with Crippen molar-refractivity contribution in [3.8, 4) is 23.7 Å². The van der Waals surface area contributed by atoms with Crippen LogP contribution in [0.1, 0.15) is 35.3 Å². The monoisotopic (exact) mass is 462 g/mol. The van der Waals surface area contributed by atoms with Crippen LogP contribution in [-0.2, 0) is 9.59 Å². The van der Waals surface area contributed by atoms with Crippen LogP contribution in [0.3, 0.4) is 0 Å². The molecule has 2 aromatic carbocycles. The maximum atomic E-state index is 12.3. The van der Waals surface area contributed by atoms with Gasteiger partial charge in [0.1, 0.15) is 6.04 Å². The minimum Gasteiger partial charge on any atom is -0.391 e.